The van der Waals surface area contributed by atoms with E-state index in [1.54, 1.807) is 0 Å². The highest BCUT2D eigenvalue weighted by Crippen LogP contribution is 2.16. The number of nitrogens with one attached hydrogen (secondary N) is 1. The third kappa shape index (κ3) is 4.98. The van der Waals surface area contributed by atoms with Crippen LogP contribution in [0.3, 0.4) is 0 Å². The normalized spacial score (nSPS) is 11.2. The van der Waals surface area contributed by atoms with Crippen molar-refractivity contribution in [3.8, 4) is 0 Å². The molecule has 25 heavy (non-hydrogen) atoms. The first-order valence-electron chi connectivity index (χ1n) is 9.42. The Morgan fingerprint density at radius 3 is 2.24 bits per heavy atom. The molecular formula is C20H30N4O. The van der Waals surface area contributed by atoms with Crippen LogP contribution in [-0.2, 0) is 12.8 Å². The van der Waals surface area contributed by atoms with Crippen LogP contribution in [0.4, 0.5) is 0 Å². The topological polar surface area (TPSA) is 58.1 Å². The van der Waals surface area contributed by atoms with Crippen LogP contribution in [0.25, 0.3) is 11.0 Å². The summed E-state index contributed by atoms with van der Waals surface area (Å²) in [6.07, 6.45) is 2.69. The van der Waals surface area contributed by atoms with Crippen LogP contribution in [0.1, 0.15) is 55.9 Å². The Morgan fingerprint density at radius 1 is 1.00 bits per heavy atom. The molecule has 0 aliphatic heterocycles. The van der Waals surface area contributed by atoms with Gasteiger partial charge < -0.3 is 10.2 Å². The van der Waals surface area contributed by atoms with Crippen molar-refractivity contribution in [1.82, 2.24) is 20.2 Å². The number of hydrogen-bond acceptors (Lipinski definition) is 4. The van der Waals surface area contributed by atoms with Crippen LogP contribution in [0.15, 0.2) is 18.2 Å². The van der Waals surface area contributed by atoms with Crippen LogP contribution in [0.2, 0.25) is 0 Å². The highest BCUT2D eigenvalue weighted by molar-refractivity contribution is 5.97. The first-order chi connectivity index (χ1) is 12.1. The molecule has 2 aromatic rings. The summed E-state index contributed by atoms with van der Waals surface area (Å²) in [7, 11) is 0. The quantitative estimate of drug-likeness (QED) is 0.711. The summed E-state index contributed by atoms with van der Waals surface area (Å²) in [4.78, 5) is 24.1. The Hall–Kier alpha value is -2.01. The zero-order valence-electron chi connectivity index (χ0n) is 15.9. The van der Waals surface area contributed by atoms with E-state index in [9.17, 15) is 4.79 Å². The monoisotopic (exact) mass is 342 g/mol. The standard InChI is InChI=1S/C20H30N4O/c1-5-16-17(6-2)23-19-14-15(10-11-18(19)22-16)20(25)21-12-9-13-24(7-3)8-4/h10-11,14H,5-9,12-13H2,1-4H3,(H,21,25). The van der Waals surface area contributed by atoms with Gasteiger partial charge in [0.15, 0.2) is 0 Å². The maximum absolute atomic E-state index is 12.4. The van der Waals surface area contributed by atoms with Gasteiger partial charge in [-0.1, -0.05) is 27.7 Å². The molecule has 2 rings (SSSR count). The first kappa shape index (κ1) is 19.3. The maximum atomic E-state index is 12.4. The van der Waals surface area contributed by atoms with Gasteiger partial charge in [-0.05, 0) is 57.1 Å². The molecule has 0 aliphatic rings. The van der Waals surface area contributed by atoms with Gasteiger partial charge in [-0.3, -0.25) is 4.79 Å². The Labute approximate surface area is 150 Å². The Morgan fingerprint density at radius 2 is 1.64 bits per heavy atom. The third-order valence-electron chi connectivity index (χ3n) is 4.58. The van der Waals surface area contributed by atoms with Crippen molar-refractivity contribution in [2.45, 2.75) is 47.0 Å². The lowest BCUT2D eigenvalue weighted by Crippen LogP contribution is -2.29. The first-order valence-corrected chi connectivity index (χ1v) is 9.42. The van der Waals surface area contributed by atoms with Gasteiger partial charge in [0.05, 0.1) is 22.4 Å². The molecule has 0 saturated carbocycles. The van der Waals surface area contributed by atoms with E-state index in [1.165, 1.54) is 0 Å². The Bertz CT molecular complexity index is 710. The molecule has 0 atom stereocenters. The van der Waals surface area contributed by atoms with Gasteiger partial charge in [-0.25, -0.2) is 9.97 Å². The molecule has 1 N–H and O–H groups in total. The molecule has 1 heterocycles. The lowest BCUT2D eigenvalue weighted by molar-refractivity contribution is 0.0952. The van der Waals surface area contributed by atoms with Gasteiger partial charge in [0.1, 0.15) is 0 Å². The van der Waals surface area contributed by atoms with Crippen molar-refractivity contribution in [3.63, 3.8) is 0 Å². The molecule has 0 radical (unpaired) electrons. The van der Waals surface area contributed by atoms with Crippen LogP contribution >= 0.6 is 0 Å². The van der Waals surface area contributed by atoms with Crippen molar-refractivity contribution in [2.75, 3.05) is 26.2 Å². The number of aromatic nitrogens is 2. The minimum atomic E-state index is -0.0409. The smallest absolute Gasteiger partial charge is 0.251 e. The lowest BCUT2D eigenvalue weighted by Gasteiger charge is -2.17. The van der Waals surface area contributed by atoms with Gasteiger partial charge in [-0.2, -0.15) is 0 Å². The average Bonchev–Trinajstić information content (AvgIpc) is 2.66. The summed E-state index contributed by atoms with van der Waals surface area (Å²) in [5.74, 6) is -0.0409. The molecule has 1 aromatic carbocycles. The lowest BCUT2D eigenvalue weighted by atomic mass is 10.1. The SMILES string of the molecule is CCc1nc2ccc(C(=O)NCCCN(CC)CC)cc2nc1CC. The summed E-state index contributed by atoms with van der Waals surface area (Å²) in [5, 5.41) is 3.00. The van der Waals surface area contributed by atoms with Crippen molar-refractivity contribution in [1.29, 1.82) is 0 Å². The van der Waals surface area contributed by atoms with E-state index in [2.05, 4.69) is 42.9 Å². The van der Waals surface area contributed by atoms with E-state index in [4.69, 9.17) is 4.98 Å². The molecule has 0 fully saturated rings. The fourth-order valence-corrected chi connectivity index (χ4v) is 2.98. The highest BCUT2D eigenvalue weighted by atomic mass is 16.1. The van der Waals surface area contributed by atoms with E-state index >= 15 is 0 Å². The van der Waals surface area contributed by atoms with Gasteiger partial charge in [0.2, 0.25) is 0 Å². The van der Waals surface area contributed by atoms with Crippen molar-refractivity contribution >= 4 is 16.9 Å². The van der Waals surface area contributed by atoms with Crippen molar-refractivity contribution < 1.29 is 4.79 Å². The van der Waals surface area contributed by atoms with Gasteiger partial charge in [0.25, 0.3) is 5.91 Å². The third-order valence-corrected chi connectivity index (χ3v) is 4.58. The van der Waals surface area contributed by atoms with Crippen LogP contribution in [0.5, 0.6) is 0 Å². The van der Waals surface area contributed by atoms with E-state index in [-0.39, 0.29) is 5.91 Å². The van der Waals surface area contributed by atoms with Crippen LogP contribution in [0, 0.1) is 0 Å². The summed E-state index contributed by atoms with van der Waals surface area (Å²) >= 11 is 0. The second-order valence-corrected chi connectivity index (χ2v) is 6.16. The second kappa shape index (κ2) is 9.47. The zero-order chi connectivity index (χ0) is 18.2. The fraction of sp³-hybridized carbons (Fsp3) is 0.550. The molecule has 0 spiro atoms. The number of rotatable bonds is 9. The minimum Gasteiger partial charge on any atom is -0.352 e. The maximum Gasteiger partial charge on any atom is 0.251 e. The molecule has 0 unspecified atom stereocenters. The van der Waals surface area contributed by atoms with E-state index in [0.717, 1.165) is 61.3 Å². The minimum absolute atomic E-state index is 0.0409. The molecule has 5 nitrogen and oxygen atoms in total. The van der Waals surface area contributed by atoms with E-state index in [1.807, 2.05) is 18.2 Å². The molecular weight excluding hydrogens is 312 g/mol. The van der Waals surface area contributed by atoms with Gasteiger partial charge in [0, 0.05) is 12.1 Å². The van der Waals surface area contributed by atoms with Gasteiger partial charge >= 0.3 is 0 Å². The largest absolute Gasteiger partial charge is 0.352 e. The number of benzene rings is 1. The van der Waals surface area contributed by atoms with E-state index < -0.39 is 0 Å². The van der Waals surface area contributed by atoms with Crippen molar-refractivity contribution in [3.05, 3.63) is 35.2 Å². The molecule has 0 bridgehead atoms. The molecule has 0 aliphatic carbocycles. The zero-order valence-corrected chi connectivity index (χ0v) is 15.9. The average molecular weight is 342 g/mol. The van der Waals surface area contributed by atoms with Crippen LogP contribution in [-0.4, -0.2) is 47.0 Å². The molecule has 1 amide bonds. The Balaban J connectivity index is 2.03. The molecule has 136 valence electrons. The summed E-state index contributed by atoms with van der Waals surface area (Å²) in [6.45, 7) is 12.3. The van der Waals surface area contributed by atoms with E-state index in [0.29, 0.717) is 12.1 Å². The fourth-order valence-electron chi connectivity index (χ4n) is 2.98. The highest BCUT2D eigenvalue weighted by Gasteiger charge is 2.10. The number of carbonyl (C=O) groups excluding carboxylic acids is 1. The van der Waals surface area contributed by atoms with Crippen molar-refractivity contribution in [2.24, 2.45) is 0 Å². The number of amides is 1. The number of carbonyl (C=O) groups is 1. The summed E-state index contributed by atoms with van der Waals surface area (Å²) in [6, 6.07) is 5.58. The van der Waals surface area contributed by atoms with Gasteiger partial charge in [-0.15, -0.1) is 0 Å². The number of aryl methyl sites for hydroxylation is 2. The molecule has 1 aromatic heterocycles. The number of nitrogens with zero attached hydrogens (tertiary/aromatic N) is 3. The Kier molecular flexibility index (Phi) is 7.31. The number of hydrogen-bond donors (Lipinski definition) is 1. The summed E-state index contributed by atoms with van der Waals surface area (Å²) in [5.41, 5.74) is 4.36. The molecule has 0 saturated heterocycles. The molecule has 5 heteroatoms. The number of fused-ring (bicyclic) bond motifs is 1. The predicted molar refractivity (Wildman–Crippen MR) is 103 cm³/mol. The summed E-state index contributed by atoms with van der Waals surface area (Å²) < 4.78 is 0. The predicted octanol–water partition coefficient (Wildman–Crippen LogP) is 3.22. The second-order valence-electron chi connectivity index (χ2n) is 6.16. The van der Waals surface area contributed by atoms with Crippen LogP contribution < -0.4 is 5.32 Å².